The van der Waals surface area contributed by atoms with Crippen LogP contribution in [0.2, 0.25) is 0 Å². The van der Waals surface area contributed by atoms with Gasteiger partial charge >= 0.3 is 0 Å². The predicted octanol–water partition coefficient (Wildman–Crippen LogP) is 1.61. The topological polar surface area (TPSA) is 219 Å². The Morgan fingerprint density at radius 2 is 1.49 bits per heavy atom. The summed E-state index contributed by atoms with van der Waals surface area (Å²) in [5, 5.41) is 66.2. The summed E-state index contributed by atoms with van der Waals surface area (Å²) in [6.07, 6.45) is -2.57. The highest BCUT2D eigenvalue weighted by atomic mass is 16.7. The molecule has 1 saturated carbocycles. The number of Topliss-reactive ketones (excluding diaryl/α,β-unsaturated/α-hetero) is 3. The Morgan fingerprint density at radius 1 is 0.824 bits per heavy atom. The van der Waals surface area contributed by atoms with Crippen molar-refractivity contribution >= 4 is 17.3 Å². The molecule has 14 heteroatoms. The van der Waals surface area contributed by atoms with Crippen LogP contribution in [0.1, 0.15) is 105 Å². The van der Waals surface area contributed by atoms with Crippen LogP contribution in [0.4, 0.5) is 0 Å². The number of ketones is 3. The molecule has 0 radical (unpaired) electrons. The summed E-state index contributed by atoms with van der Waals surface area (Å²) in [5.74, 6) is -3.29. The van der Waals surface area contributed by atoms with Crippen LogP contribution >= 0.6 is 0 Å². The lowest BCUT2D eigenvalue weighted by Gasteiger charge is -2.51. The third-order valence-electron chi connectivity index (χ3n) is 11.4. The van der Waals surface area contributed by atoms with Crippen molar-refractivity contribution in [3.63, 3.8) is 0 Å². The van der Waals surface area contributed by atoms with Crippen molar-refractivity contribution < 1.29 is 68.7 Å². The van der Waals surface area contributed by atoms with Crippen molar-refractivity contribution in [1.29, 1.82) is 0 Å². The van der Waals surface area contributed by atoms with E-state index in [-0.39, 0.29) is 47.0 Å². The van der Waals surface area contributed by atoms with Crippen molar-refractivity contribution in [3.05, 3.63) is 52.1 Å². The molecule has 4 fully saturated rings. The second kappa shape index (κ2) is 12.9. The van der Waals surface area contributed by atoms with Crippen LogP contribution in [0.25, 0.3) is 0 Å². The molecule has 0 bridgehead atoms. The van der Waals surface area contributed by atoms with Crippen molar-refractivity contribution in [1.82, 2.24) is 0 Å². The van der Waals surface area contributed by atoms with E-state index in [1.807, 2.05) is 6.92 Å². The molecule has 3 aliphatic heterocycles. The minimum Gasteiger partial charge on any atom is -0.507 e. The Bertz CT molecular complexity index is 1680. The number of hydrogen-bond donors (Lipinski definition) is 6. The summed E-state index contributed by atoms with van der Waals surface area (Å²) in [5.41, 5.74) is -8.16. The number of fused-ring (bicyclic) bond motifs is 3. The number of ether oxygens (including phenoxy) is 5. The van der Waals surface area contributed by atoms with Gasteiger partial charge in [-0.2, -0.15) is 0 Å². The van der Waals surface area contributed by atoms with Crippen LogP contribution in [-0.2, 0) is 28.5 Å². The van der Waals surface area contributed by atoms with Gasteiger partial charge in [-0.15, -0.1) is 0 Å². The maximum absolute atomic E-state index is 13.9. The van der Waals surface area contributed by atoms with Gasteiger partial charge in [-0.1, -0.05) is 12.1 Å². The first kappa shape index (κ1) is 36.5. The van der Waals surface area contributed by atoms with Gasteiger partial charge in [0.2, 0.25) is 0 Å². The summed E-state index contributed by atoms with van der Waals surface area (Å²) < 4.78 is 30.4. The number of aromatic hydroxyl groups is 1. The molecule has 0 amide bonds. The van der Waals surface area contributed by atoms with Gasteiger partial charge in [-0.25, -0.2) is 0 Å². The third-order valence-corrected chi connectivity index (χ3v) is 11.4. The molecule has 1 aromatic carbocycles. The van der Waals surface area contributed by atoms with E-state index in [0.29, 0.717) is 25.7 Å². The first-order valence-corrected chi connectivity index (χ1v) is 17.7. The number of aliphatic hydroxyl groups is 5. The number of carbonyl (C=O) groups is 3. The number of benzene rings is 1. The summed E-state index contributed by atoms with van der Waals surface area (Å²) in [4.78, 5) is 41.1. The summed E-state index contributed by atoms with van der Waals surface area (Å²) >= 11 is 0. The Balaban J connectivity index is 1.08. The molecule has 1 aromatic rings. The predicted molar refractivity (Wildman–Crippen MR) is 175 cm³/mol. The lowest BCUT2D eigenvalue weighted by atomic mass is 9.57. The van der Waals surface area contributed by atoms with Crippen LogP contribution in [0.15, 0.2) is 35.4 Å². The van der Waals surface area contributed by atoms with E-state index < -0.39 is 101 Å². The van der Waals surface area contributed by atoms with Gasteiger partial charge in [0.25, 0.3) is 0 Å². The van der Waals surface area contributed by atoms with Gasteiger partial charge in [-0.3, -0.25) is 14.4 Å². The second-order valence-corrected chi connectivity index (χ2v) is 15.3. The minimum atomic E-state index is -2.78. The van der Waals surface area contributed by atoms with Gasteiger partial charge in [-0.05, 0) is 52.7 Å². The van der Waals surface area contributed by atoms with E-state index in [0.717, 1.165) is 12.2 Å². The maximum atomic E-state index is 13.9. The van der Waals surface area contributed by atoms with Crippen LogP contribution in [0.5, 0.6) is 5.75 Å². The highest BCUT2D eigenvalue weighted by molar-refractivity contribution is 6.32. The SMILES string of the molecule is CC1OC(OC2CCC(OC3CC(c4ccc5c(c4O)C(=O)C4=C(C5=O)C5(O)C(=O)CC(C)(O)CC5(O)C=C4)OC(C)C3O)OC2C)CCC1O. The Hall–Kier alpha value is -2.89. The quantitative estimate of drug-likeness (QED) is 0.255. The molecule has 0 aromatic heterocycles. The number of rotatable bonds is 5. The zero-order valence-corrected chi connectivity index (χ0v) is 29.0. The zero-order valence-electron chi connectivity index (χ0n) is 29.0. The fourth-order valence-electron chi connectivity index (χ4n) is 8.58. The number of phenolic OH excluding ortho intramolecular Hbond substituents is 1. The van der Waals surface area contributed by atoms with Gasteiger partial charge < -0.3 is 54.3 Å². The molecule has 278 valence electrons. The molecule has 3 saturated heterocycles. The summed E-state index contributed by atoms with van der Waals surface area (Å²) in [6, 6.07) is 2.71. The normalized spacial score (nSPS) is 44.2. The first-order valence-electron chi connectivity index (χ1n) is 17.7. The van der Waals surface area contributed by atoms with E-state index >= 15 is 0 Å². The van der Waals surface area contributed by atoms with E-state index in [2.05, 4.69) is 0 Å². The Labute approximate surface area is 294 Å². The van der Waals surface area contributed by atoms with Crippen LogP contribution in [0.3, 0.4) is 0 Å². The highest BCUT2D eigenvalue weighted by Crippen LogP contribution is 2.52. The highest BCUT2D eigenvalue weighted by Gasteiger charge is 2.66. The lowest BCUT2D eigenvalue weighted by molar-refractivity contribution is -0.299. The fourth-order valence-corrected chi connectivity index (χ4v) is 8.58. The molecule has 0 spiro atoms. The molecular weight excluding hydrogens is 668 g/mol. The molecule has 51 heavy (non-hydrogen) atoms. The van der Waals surface area contributed by atoms with Crippen molar-refractivity contribution in [2.75, 3.05) is 0 Å². The number of allylic oxidation sites excluding steroid dienone is 2. The van der Waals surface area contributed by atoms with E-state index in [1.54, 1.807) is 13.8 Å². The van der Waals surface area contributed by atoms with Gasteiger partial charge in [0.15, 0.2) is 35.5 Å². The molecule has 14 nitrogen and oxygen atoms in total. The van der Waals surface area contributed by atoms with Crippen LogP contribution < -0.4 is 0 Å². The molecule has 3 heterocycles. The van der Waals surface area contributed by atoms with Crippen LogP contribution in [0, 0.1) is 0 Å². The van der Waals surface area contributed by atoms with Gasteiger partial charge in [0.1, 0.15) is 17.5 Å². The monoisotopic (exact) mass is 714 g/mol. The van der Waals surface area contributed by atoms with Gasteiger partial charge in [0.05, 0.1) is 59.5 Å². The molecule has 13 unspecified atom stereocenters. The summed E-state index contributed by atoms with van der Waals surface area (Å²) in [6.45, 7) is 6.66. The third kappa shape index (κ3) is 6.03. The number of carbonyl (C=O) groups excluding carboxylic acids is 3. The molecule has 13 atom stereocenters. The fraction of sp³-hybridized carbons (Fsp3) is 0.649. The van der Waals surface area contributed by atoms with Crippen molar-refractivity contribution in [3.8, 4) is 5.75 Å². The first-order chi connectivity index (χ1) is 23.9. The molecule has 6 aliphatic rings. The number of hydrogen-bond acceptors (Lipinski definition) is 14. The molecule has 7 rings (SSSR count). The molecule has 3 aliphatic carbocycles. The molecular formula is C37H46O14. The molecule has 6 N–H and O–H groups in total. The number of aliphatic hydroxyl groups excluding tert-OH is 2. The largest absolute Gasteiger partial charge is 0.507 e. The van der Waals surface area contributed by atoms with E-state index in [4.69, 9.17) is 23.7 Å². The lowest BCUT2D eigenvalue weighted by Crippen LogP contribution is -2.69. The van der Waals surface area contributed by atoms with E-state index in [1.165, 1.54) is 19.1 Å². The van der Waals surface area contributed by atoms with E-state index in [9.17, 15) is 45.0 Å². The van der Waals surface area contributed by atoms with Gasteiger partial charge in [0, 0.05) is 48.8 Å². The average molecular weight is 715 g/mol. The number of phenols is 1. The van der Waals surface area contributed by atoms with Crippen LogP contribution in [-0.4, -0.2) is 120 Å². The second-order valence-electron chi connectivity index (χ2n) is 15.3. The standard InChI is InChI=1S/C37H46O14/c1-16-22(38)7-9-27(48-16)50-23-8-10-28(49-17(23)2)51-25-13-24(47-18(3)31(25)40)19-5-6-20-29(32(19)41)33(42)21-11-12-36(45)15-35(4,44)14-26(39)37(36,46)30(21)34(20)43/h5-6,11-12,16-18,22-25,27-28,31,38,40-41,44-46H,7-10,13-15H2,1-4H3. The summed E-state index contributed by atoms with van der Waals surface area (Å²) in [7, 11) is 0. The average Bonchev–Trinajstić information content (AvgIpc) is 3.05. The smallest absolute Gasteiger partial charge is 0.198 e. The zero-order chi connectivity index (χ0) is 36.8. The van der Waals surface area contributed by atoms with Crippen molar-refractivity contribution in [2.45, 2.75) is 151 Å². The maximum Gasteiger partial charge on any atom is 0.198 e. The minimum absolute atomic E-state index is 0.0688. The Morgan fingerprint density at radius 3 is 2.18 bits per heavy atom. The Kier molecular flexibility index (Phi) is 9.23. The van der Waals surface area contributed by atoms with Crippen molar-refractivity contribution in [2.24, 2.45) is 0 Å².